The third-order valence-corrected chi connectivity index (χ3v) is 2.88. The van der Waals surface area contributed by atoms with Gasteiger partial charge in [-0.3, -0.25) is 4.79 Å². The minimum Gasteiger partial charge on any atom is -0.465 e. The Kier molecular flexibility index (Phi) is 4.27. The molecule has 0 saturated carbocycles. The Morgan fingerprint density at radius 2 is 1.94 bits per heavy atom. The SMILES string of the molecule is COC(=O)c1ccc(C[SH](=O)=O)c(C(N)=O)c1N. The fraction of sp³-hybridized carbons (Fsp3) is 0.200. The summed E-state index contributed by atoms with van der Waals surface area (Å²) in [6.07, 6.45) is 0. The van der Waals surface area contributed by atoms with Gasteiger partial charge in [-0.15, -0.1) is 0 Å². The van der Waals surface area contributed by atoms with Crippen molar-refractivity contribution in [3.05, 3.63) is 28.8 Å². The first-order chi connectivity index (χ1) is 8.38. The zero-order chi connectivity index (χ0) is 13.9. The van der Waals surface area contributed by atoms with E-state index in [2.05, 4.69) is 4.74 Å². The van der Waals surface area contributed by atoms with Crippen LogP contribution in [0, 0.1) is 0 Å². The molecular weight excluding hydrogens is 260 g/mol. The van der Waals surface area contributed by atoms with E-state index in [0.717, 1.165) is 7.11 Å². The minimum atomic E-state index is -2.74. The van der Waals surface area contributed by atoms with Gasteiger partial charge in [0, 0.05) is 0 Å². The van der Waals surface area contributed by atoms with Gasteiger partial charge in [-0.05, 0) is 11.6 Å². The topological polar surface area (TPSA) is 130 Å². The van der Waals surface area contributed by atoms with Crippen LogP contribution in [0.4, 0.5) is 5.69 Å². The quantitative estimate of drug-likeness (QED) is 0.376. The van der Waals surface area contributed by atoms with E-state index in [1.807, 2.05) is 0 Å². The maximum Gasteiger partial charge on any atom is 0.339 e. The highest BCUT2D eigenvalue weighted by Gasteiger charge is 2.20. The van der Waals surface area contributed by atoms with E-state index in [9.17, 15) is 18.0 Å². The van der Waals surface area contributed by atoms with Gasteiger partial charge in [-0.2, -0.15) is 0 Å². The molecule has 7 nitrogen and oxygen atoms in total. The maximum atomic E-state index is 11.4. The van der Waals surface area contributed by atoms with Gasteiger partial charge in [0.1, 0.15) is 10.7 Å². The Hall–Kier alpha value is -2.09. The van der Waals surface area contributed by atoms with Crippen LogP contribution in [-0.4, -0.2) is 27.4 Å². The number of nitrogen functional groups attached to an aromatic ring is 1. The standard InChI is InChI=1S/C10H12N2O5S/c1-17-10(14)6-3-2-5(4-18(15)16)7(8(6)11)9(12)13/h2-3,18H,4,11H2,1H3,(H2,12,13). The number of amides is 1. The largest absolute Gasteiger partial charge is 0.465 e. The number of carbonyl (C=O) groups excluding carboxylic acids is 2. The Bertz CT molecular complexity index is 572. The number of anilines is 1. The van der Waals surface area contributed by atoms with E-state index in [-0.39, 0.29) is 28.1 Å². The number of nitrogens with two attached hydrogens (primary N) is 2. The number of hydrogen-bond acceptors (Lipinski definition) is 6. The lowest BCUT2D eigenvalue weighted by Crippen LogP contribution is -2.19. The van der Waals surface area contributed by atoms with E-state index >= 15 is 0 Å². The first-order valence-electron chi connectivity index (χ1n) is 4.79. The molecule has 0 saturated heterocycles. The van der Waals surface area contributed by atoms with Gasteiger partial charge >= 0.3 is 5.97 Å². The van der Waals surface area contributed by atoms with Crippen LogP contribution >= 0.6 is 0 Å². The lowest BCUT2D eigenvalue weighted by Gasteiger charge is -2.11. The van der Waals surface area contributed by atoms with E-state index in [1.165, 1.54) is 12.1 Å². The van der Waals surface area contributed by atoms with Crippen LogP contribution in [0.15, 0.2) is 12.1 Å². The summed E-state index contributed by atoms with van der Waals surface area (Å²) in [5.74, 6) is -2.00. The third-order valence-electron chi connectivity index (χ3n) is 2.28. The molecule has 1 amide bonds. The maximum absolute atomic E-state index is 11.4. The number of esters is 1. The Labute approximate surface area is 105 Å². The van der Waals surface area contributed by atoms with Crippen molar-refractivity contribution >= 4 is 28.3 Å². The fourth-order valence-corrected chi connectivity index (χ4v) is 2.06. The monoisotopic (exact) mass is 272 g/mol. The molecule has 0 bridgehead atoms. The van der Waals surface area contributed by atoms with Crippen LogP contribution in [0.1, 0.15) is 26.3 Å². The smallest absolute Gasteiger partial charge is 0.339 e. The van der Waals surface area contributed by atoms with Gasteiger partial charge in [-0.25, -0.2) is 13.2 Å². The lowest BCUT2D eigenvalue weighted by molar-refractivity contribution is 0.0602. The van der Waals surface area contributed by atoms with Gasteiger partial charge in [0.15, 0.2) is 0 Å². The van der Waals surface area contributed by atoms with Crippen molar-refractivity contribution in [3.63, 3.8) is 0 Å². The number of ether oxygens (including phenoxy) is 1. The van der Waals surface area contributed by atoms with Crippen molar-refractivity contribution in [2.75, 3.05) is 12.8 Å². The van der Waals surface area contributed by atoms with Crippen LogP contribution in [-0.2, 0) is 21.2 Å². The molecule has 0 unspecified atom stereocenters. The first-order valence-corrected chi connectivity index (χ1v) is 6.16. The van der Waals surface area contributed by atoms with Gasteiger partial charge < -0.3 is 16.2 Å². The van der Waals surface area contributed by atoms with Crippen molar-refractivity contribution in [2.24, 2.45) is 5.73 Å². The van der Waals surface area contributed by atoms with Gasteiger partial charge in [0.2, 0.25) is 0 Å². The molecule has 0 heterocycles. The molecule has 18 heavy (non-hydrogen) atoms. The minimum absolute atomic E-state index is 0.0313. The molecule has 1 aromatic carbocycles. The molecule has 8 heteroatoms. The summed E-state index contributed by atoms with van der Waals surface area (Å²) in [5.41, 5.74) is 10.6. The van der Waals surface area contributed by atoms with Crippen molar-refractivity contribution < 1.29 is 22.7 Å². The first kappa shape index (κ1) is 14.0. The molecule has 0 radical (unpaired) electrons. The Morgan fingerprint density at radius 3 is 2.39 bits per heavy atom. The molecule has 0 aliphatic heterocycles. The average Bonchev–Trinajstić information content (AvgIpc) is 2.27. The van der Waals surface area contributed by atoms with Gasteiger partial charge in [0.25, 0.3) is 5.91 Å². The normalized spacial score (nSPS) is 10.3. The number of methoxy groups -OCH3 is 1. The highest BCUT2D eigenvalue weighted by molar-refractivity contribution is 7.71. The van der Waals surface area contributed by atoms with Crippen molar-refractivity contribution in [2.45, 2.75) is 5.75 Å². The van der Waals surface area contributed by atoms with Gasteiger partial charge in [0.05, 0.1) is 29.7 Å². The van der Waals surface area contributed by atoms with Crippen LogP contribution in [0.5, 0.6) is 0 Å². The second-order valence-electron chi connectivity index (χ2n) is 3.41. The molecule has 4 N–H and O–H groups in total. The predicted octanol–water partition coefficient (Wildman–Crippen LogP) is -0.734. The van der Waals surface area contributed by atoms with Crippen molar-refractivity contribution in [1.82, 2.24) is 0 Å². The Balaban J connectivity index is 3.46. The zero-order valence-electron chi connectivity index (χ0n) is 9.50. The number of benzene rings is 1. The number of thiol groups is 1. The summed E-state index contributed by atoms with van der Waals surface area (Å²) >= 11 is 0. The third kappa shape index (κ3) is 2.77. The predicted molar refractivity (Wildman–Crippen MR) is 64.7 cm³/mol. The molecule has 0 fully saturated rings. The molecule has 98 valence electrons. The number of hydrogen-bond donors (Lipinski definition) is 3. The van der Waals surface area contributed by atoms with E-state index in [0.29, 0.717) is 0 Å². The van der Waals surface area contributed by atoms with E-state index < -0.39 is 22.6 Å². The molecule has 0 aliphatic carbocycles. The summed E-state index contributed by atoms with van der Waals surface area (Å²) in [6.45, 7) is 0. The highest BCUT2D eigenvalue weighted by Crippen LogP contribution is 2.23. The second kappa shape index (κ2) is 5.50. The molecule has 0 aliphatic rings. The van der Waals surface area contributed by atoms with Crippen molar-refractivity contribution in [3.8, 4) is 0 Å². The fourth-order valence-electron chi connectivity index (χ4n) is 1.51. The summed E-state index contributed by atoms with van der Waals surface area (Å²) < 4.78 is 25.8. The Morgan fingerprint density at radius 1 is 1.33 bits per heavy atom. The highest BCUT2D eigenvalue weighted by atomic mass is 32.2. The molecule has 0 aromatic heterocycles. The van der Waals surface area contributed by atoms with Crippen molar-refractivity contribution in [1.29, 1.82) is 0 Å². The lowest BCUT2D eigenvalue weighted by atomic mass is 10.0. The van der Waals surface area contributed by atoms with Crippen LogP contribution < -0.4 is 11.5 Å². The molecule has 1 aromatic rings. The zero-order valence-corrected chi connectivity index (χ0v) is 10.4. The summed E-state index contributed by atoms with van der Waals surface area (Å²) in [7, 11) is -1.58. The summed E-state index contributed by atoms with van der Waals surface area (Å²) in [5, 5.41) is 0. The molecule has 1 rings (SSSR count). The van der Waals surface area contributed by atoms with E-state index in [1.54, 1.807) is 0 Å². The molecule has 0 atom stereocenters. The van der Waals surface area contributed by atoms with Crippen LogP contribution in [0.3, 0.4) is 0 Å². The second-order valence-corrected chi connectivity index (χ2v) is 4.39. The molecular formula is C10H12N2O5S. The number of rotatable bonds is 4. The summed E-state index contributed by atoms with van der Waals surface area (Å²) in [4.78, 5) is 22.6. The number of carbonyl (C=O) groups is 2. The summed E-state index contributed by atoms with van der Waals surface area (Å²) in [6, 6.07) is 2.61. The average molecular weight is 272 g/mol. The van der Waals surface area contributed by atoms with Gasteiger partial charge in [-0.1, -0.05) is 6.07 Å². The number of primary amides is 1. The van der Waals surface area contributed by atoms with Crippen LogP contribution in [0.25, 0.3) is 0 Å². The molecule has 0 spiro atoms. The van der Waals surface area contributed by atoms with Crippen LogP contribution in [0.2, 0.25) is 0 Å². The van der Waals surface area contributed by atoms with E-state index in [4.69, 9.17) is 11.5 Å².